The Kier molecular flexibility index (Phi) is 4.38. The smallest absolute Gasteiger partial charge is 0.228 e. The van der Waals surface area contributed by atoms with Crippen LogP contribution in [0.25, 0.3) is 11.0 Å². The molecular weight excluding hydrogens is 252 g/mol. The third-order valence-corrected chi connectivity index (χ3v) is 3.14. The summed E-state index contributed by atoms with van der Waals surface area (Å²) < 4.78 is 7.08. The summed E-state index contributed by atoms with van der Waals surface area (Å²) in [5.41, 5.74) is 0.782. The van der Waals surface area contributed by atoms with E-state index in [9.17, 15) is 0 Å². The molecule has 2 aromatic rings. The van der Waals surface area contributed by atoms with Gasteiger partial charge in [-0.25, -0.2) is 9.67 Å². The average molecular weight is 268 g/mol. The van der Waals surface area contributed by atoms with E-state index in [1.165, 1.54) is 11.8 Å². The minimum absolute atomic E-state index is 0.202. The van der Waals surface area contributed by atoms with E-state index < -0.39 is 0 Å². The van der Waals surface area contributed by atoms with Gasteiger partial charge in [0.1, 0.15) is 5.39 Å². The first-order valence-corrected chi connectivity index (χ1v) is 6.95. The van der Waals surface area contributed by atoms with E-state index >= 15 is 0 Å². The molecule has 0 spiro atoms. The first kappa shape index (κ1) is 13.1. The molecule has 0 aliphatic rings. The number of fused-ring (bicyclic) bond motifs is 1. The Hall–Kier alpha value is -1.34. The first-order valence-electron chi connectivity index (χ1n) is 5.72. The van der Waals surface area contributed by atoms with Gasteiger partial charge >= 0.3 is 0 Å². The van der Waals surface area contributed by atoms with Crippen molar-refractivity contribution in [3.05, 3.63) is 6.20 Å². The number of unbranched alkanes of at least 4 members (excludes halogenated alkanes) is 1. The fourth-order valence-corrected chi connectivity index (χ4v) is 2.05. The Labute approximate surface area is 109 Å². The molecular formula is C11H16N4O2S. The fourth-order valence-electron chi connectivity index (χ4n) is 1.69. The van der Waals surface area contributed by atoms with Crippen molar-refractivity contribution in [2.24, 2.45) is 0 Å². The van der Waals surface area contributed by atoms with Crippen molar-refractivity contribution in [3.63, 3.8) is 0 Å². The number of nitrogens with zero attached hydrogens (tertiary/aromatic N) is 4. The molecule has 0 fully saturated rings. The summed E-state index contributed by atoms with van der Waals surface area (Å²) in [5, 5.41) is 14.6. The highest BCUT2D eigenvalue weighted by molar-refractivity contribution is 7.98. The lowest BCUT2D eigenvalue weighted by Crippen LogP contribution is -2.03. The Bertz CT molecular complexity index is 529. The molecule has 2 heterocycles. The quantitative estimate of drug-likeness (QED) is 0.484. The Morgan fingerprint density at radius 3 is 2.89 bits per heavy atom. The molecule has 0 bridgehead atoms. The highest BCUT2D eigenvalue weighted by Gasteiger charge is 2.12. The van der Waals surface area contributed by atoms with E-state index in [0.717, 1.165) is 30.4 Å². The zero-order valence-corrected chi connectivity index (χ0v) is 11.3. The van der Waals surface area contributed by atoms with Crippen LogP contribution in [0.4, 0.5) is 0 Å². The van der Waals surface area contributed by atoms with Crippen molar-refractivity contribution < 1.29 is 9.84 Å². The van der Waals surface area contributed by atoms with E-state index in [1.807, 2.05) is 10.9 Å². The average Bonchev–Trinajstić information content (AvgIpc) is 2.81. The number of thioether (sulfide) groups is 1. The summed E-state index contributed by atoms with van der Waals surface area (Å²) in [4.78, 5) is 8.73. The third kappa shape index (κ3) is 2.56. The topological polar surface area (TPSA) is 73.1 Å². The minimum atomic E-state index is 0.202. The summed E-state index contributed by atoms with van der Waals surface area (Å²) in [6.45, 7) is 0.936. The van der Waals surface area contributed by atoms with Crippen LogP contribution in [-0.4, -0.2) is 44.8 Å². The Morgan fingerprint density at radius 2 is 2.22 bits per heavy atom. The van der Waals surface area contributed by atoms with Crippen molar-refractivity contribution >= 4 is 22.8 Å². The number of aliphatic hydroxyl groups is 1. The van der Waals surface area contributed by atoms with Crippen LogP contribution in [0.3, 0.4) is 0 Å². The van der Waals surface area contributed by atoms with E-state index in [4.69, 9.17) is 9.84 Å². The monoisotopic (exact) mass is 268 g/mol. The fraction of sp³-hybridized carbons (Fsp3) is 0.545. The SMILES string of the molecule is COc1nc(SC)nc2c1cnn2CCCCO. The van der Waals surface area contributed by atoms with Crippen LogP contribution < -0.4 is 4.74 Å². The van der Waals surface area contributed by atoms with Gasteiger partial charge in [-0.05, 0) is 19.1 Å². The molecule has 6 nitrogen and oxygen atoms in total. The van der Waals surface area contributed by atoms with Gasteiger partial charge in [-0.15, -0.1) is 0 Å². The Balaban J connectivity index is 2.37. The van der Waals surface area contributed by atoms with Gasteiger partial charge in [0.15, 0.2) is 10.8 Å². The van der Waals surface area contributed by atoms with Crippen LogP contribution in [0.15, 0.2) is 11.4 Å². The maximum absolute atomic E-state index is 8.79. The molecule has 98 valence electrons. The molecule has 2 aromatic heterocycles. The number of ether oxygens (including phenoxy) is 1. The molecule has 0 aliphatic carbocycles. The molecule has 0 aliphatic heterocycles. The van der Waals surface area contributed by atoms with E-state index in [-0.39, 0.29) is 6.61 Å². The van der Waals surface area contributed by atoms with Crippen LogP contribution in [0.5, 0.6) is 5.88 Å². The molecule has 1 N–H and O–H groups in total. The maximum Gasteiger partial charge on any atom is 0.228 e. The van der Waals surface area contributed by atoms with Crippen LogP contribution in [0.2, 0.25) is 0 Å². The Morgan fingerprint density at radius 1 is 1.39 bits per heavy atom. The van der Waals surface area contributed by atoms with Gasteiger partial charge in [0.2, 0.25) is 5.88 Å². The number of hydrogen-bond donors (Lipinski definition) is 1. The van der Waals surface area contributed by atoms with Gasteiger partial charge in [-0.2, -0.15) is 10.1 Å². The van der Waals surface area contributed by atoms with Gasteiger partial charge in [-0.3, -0.25) is 0 Å². The molecule has 0 saturated carbocycles. The summed E-state index contributed by atoms with van der Waals surface area (Å²) in [7, 11) is 1.59. The minimum Gasteiger partial charge on any atom is -0.480 e. The second-order valence-electron chi connectivity index (χ2n) is 3.76. The van der Waals surface area contributed by atoms with Crippen molar-refractivity contribution in [1.82, 2.24) is 19.7 Å². The summed E-state index contributed by atoms with van der Waals surface area (Å²) in [6, 6.07) is 0. The number of aryl methyl sites for hydroxylation is 1. The van der Waals surface area contributed by atoms with Crippen molar-refractivity contribution in [1.29, 1.82) is 0 Å². The lowest BCUT2D eigenvalue weighted by Gasteiger charge is -2.05. The summed E-state index contributed by atoms with van der Waals surface area (Å²) in [6.07, 6.45) is 5.28. The lowest BCUT2D eigenvalue weighted by atomic mass is 10.3. The second kappa shape index (κ2) is 6.01. The van der Waals surface area contributed by atoms with Crippen molar-refractivity contribution in [2.75, 3.05) is 20.0 Å². The highest BCUT2D eigenvalue weighted by atomic mass is 32.2. The third-order valence-electron chi connectivity index (χ3n) is 2.59. The van der Waals surface area contributed by atoms with Gasteiger partial charge in [0, 0.05) is 13.2 Å². The van der Waals surface area contributed by atoms with Crippen LogP contribution in [0, 0.1) is 0 Å². The molecule has 0 atom stereocenters. The number of methoxy groups -OCH3 is 1. The number of aromatic nitrogens is 4. The standard InChI is InChI=1S/C11H16N4O2S/c1-17-10-8-7-12-15(5-3-4-6-16)9(8)13-11(14-10)18-2/h7,16H,3-6H2,1-2H3. The zero-order valence-electron chi connectivity index (χ0n) is 10.5. The summed E-state index contributed by atoms with van der Waals surface area (Å²) >= 11 is 1.47. The number of hydrogen-bond acceptors (Lipinski definition) is 6. The van der Waals surface area contributed by atoms with Gasteiger partial charge in [0.25, 0.3) is 0 Å². The van der Waals surface area contributed by atoms with Gasteiger partial charge in [0.05, 0.1) is 13.3 Å². The van der Waals surface area contributed by atoms with E-state index in [0.29, 0.717) is 11.0 Å². The predicted octanol–water partition coefficient (Wildman–Crippen LogP) is 1.33. The lowest BCUT2D eigenvalue weighted by molar-refractivity contribution is 0.280. The molecule has 18 heavy (non-hydrogen) atoms. The molecule has 0 aromatic carbocycles. The summed E-state index contributed by atoms with van der Waals surface area (Å²) in [5.74, 6) is 0.553. The maximum atomic E-state index is 8.79. The van der Waals surface area contributed by atoms with Crippen LogP contribution in [-0.2, 0) is 6.54 Å². The van der Waals surface area contributed by atoms with Gasteiger partial charge in [-0.1, -0.05) is 11.8 Å². The van der Waals surface area contributed by atoms with Crippen LogP contribution in [0.1, 0.15) is 12.8 Å². The van der Waals surface area contributed by atoms with Crippen LogP contribution >= 0.6 is 11.8 Å². The highest BCUT2D eigenvalue weighted by Crippen LogP contribution is 2.24. The zero-order chi connectivity index (χ0) is 13.0. The molecule has 0 amide bonds. The molecule has 0 saturated heterocycles. The normalized spacial score (nSPS) is 11.1. The van der Waals surface area contributed by atoms with Crippen molar-refractivity contribution in [3.8, 4) is 5.88 Å². The largest absolute Gasteiger partial charge is 0.480 e. The molecule has 2 rings (SSSR count). The predicted molar refractivity (Wildman–Crippen MR) is 70.0 cm³/mol. The molecule has 7 heteroatoms. The number of rotatable bonds is 6. The van der Waals surface area contributed by atoms with E-state index in [2.05, 4.69) is 15.1 Å². The first-order chi connectivity index (χ1) is 8.80. The number of aliphatic hydroxyl groups excluding tert-OH is 1. The molecule has 0 unspecified atom stereocenters. The molecule has 0 radical (unpaired) electrons. The van der Waals surface area contributed by atoms with Crippen molar-refractivity contribution in [2.45, 2.75) is 24.5 Å². The van der Waals surface area contributed by atoms with Gasteiger partial charge < -0.3 is 9.84 Å². The second-order valence-corrected chi connectivity index (χ2v) is 4.53. The van der Waals surface area contributed by atoms with E-state index in [1.54, 1.807) is 13.3 Å².